The molecule has 9 nitrogen and oxygen atoms in total. The third kappa shape index (κ3) is 4.04. The molecule has 0 radical (unpaired) electrons. The predicted molar refractivity (Wildman–Crippen MR) is 131 cm³/mol. The number of anilines is 3. The highest BCUT2D eigenvalue weighted by atomic mass is 16.2. The third-order valence-electron chi connectivity index (χ3n) is 5.86. The minimum absolute atomic E-state index is 0.209. The lowest BCUT2D eigenvalue weighted by molar-refractivity contribution is -0.110. The Morgan fingerprint density at radius 2 is 1.91 bits per heavy atom. The van der Waals surface area contributed by atoms with Gasteiger partial charge in [0.05, 0.1) is 17.8 Å². The number of imide groups is 1. The van der Waals surface area contributed by atoms with Crippen LogP contribution < -0.4 is 20.9 Å². The topological polar surface area (TPSA) is 110 Å². The molecule has 0 unspecified atom stereocenters. The van der Waals surface area contributed by atoms with E-state index < -0.39 is 6.03 Å². The van der Waals surface area contributed by atoms with Crippen molar-refractivity contribution in [2.75, 3.05) is 35.7 Å². The fourth-order valence-corrected chi connectivity index (χ4v) is 4.16. The lowest BCUT2D eigenvalue weighted by atomic mass is 10.1. The number of nitrogens with one attached hydrogen (secondary N) is 4. The number of urea groups is 2. The van der Waals surface area contributed by atoms with Crippen molar-refractivity contribution in [3.05, 3.63) is 77.6 Å². The maximum absolute atomic E-state index is 12.9. The molecule has 0 aliphatic carbocycles. The van der Waals surface area contributed by atoms with E-state index in [0.717, 1.165) is 29.1 Å². The molecule has 5 rings (SSSR count). The van der Waals surface area contributed by atoms with E-state index in [2.05, 4.69) is 20.9 Å². The van der Waals surface area contributed by atoms with Crippen LogP contribution in [0.15, 0.2) is 60.8 Å². The van der Waals surface area contributed by atoms with Crippen LogP contribution in [-0.2, 0) is 11.3 Å². The maximum Gasteiger partial charge on any atom is 0.332 e. The van der Waals surface area contributed by atoms with Crippen molar-refractivity contribution < 1.29 is 14.4 Å². The molecular formula is C25H24N6O3. The van der Waals surface area contributed by atoms with E-state index in [1.807, 2.05) is 43.4 Å². The number of fused-ring (bicyclic) bond motifs is 1. The minimum Gasteiger partial charge on any atom is -0.362 e. The lowest BCUT2D eigenvalue weighted by Crippen LogP contribution is -2.39. The Hall–Kier alpha value is -4.37. The van der Waals surface area contributed by atoms with E-state index in [1.165, 1.54) is 4.90 Å². The summed E-state index contributed by atoms with van der Waals surface area (Å²) in [5.74, 6) is -0.209. The van der Waals surface area contributed by atoms with E-state index in [-0.39, 0.29) is 18.5 Å². The highest BCUT2D eigenvalue weighted by Crippen LogP contribution is 2.35. The first-order valence-corrected chi connectivity index (χ1v) is 11.0. The van der Waals surface area contributed by atoms with Crippen LogP contribution in [-0.4, -0.2) is 48.0 Å². The molecule has 3 heterocycles. The first kappa shape index (κ1) is 21.5. The van der Waals surface area contributed by atoms with Gasteiger partial charge in [-0.05, 0) is 55.1 Å². The summed E-state index contributed by atoms with van der Waals surface area (Å²) < 4.78 is 0. The Labute approximate surface area is 196 Å². The summed E-state index contributed by atoms with van der Waals surface area (Å²) in [4.78, 5) is 44.0. The van der Waals surface area contributed by atoms with Gasteiger partial charge in [0, 0.05) is 41.9 Å². The van der Waals surface area contributed by atoms with Crippen LogP contribution in [0.3, 0.4) is 0 Å². The van der Waals surface area contributed by atoms with E-state index >= 15 is 0 Å². The SMILES string of the molecule is CNCc1ccc(N2CCN(C(=O)Nc3ccc4c(c3)NC(=O)C4=Cc3ccc[nH]3)C2=O)cc1. The van der Waals surface area contributed by atoms with Gasteiger partial charge >= 0.3 is 12.1 Å². The Balaban J connectivity index is 1.27. The molecule has 9 heteroatoms. The average Bonchev–Trinajstić information content (AvgIpc) is 3.55. The summed E-state index contributed by atoms with van der Waals surface area (Å²) in [6.07, 6.45) is 3.57. The first-order chi connectivity index (χ1) is 16.5. The Morgan fingerprint density at radius 3 is 2.65 bits per heavy atom. The van der Waals surface area contributed by atoms with Crippen LogP contribution in [0.5, 0.6) is 0 Å². The first-order valence-electron chi connectivity index (χ1n) is 11.0. The third-order valence-corrected chi connectivity index (χ3v) is 5.86. The van der Waals surface area contributed by atoms with Crippen molar-refractivity contribution in [1.82, 2.24) is 15.2 Å². The van der Waals surface area contributed by atoms with Gasteiger partial charge in [0.1, 0.15) is 0 Å². The van der Waals surface area contributed by atoms with Crippen LogP contribution in [0.2, 0.25) is 0 Å². The van der Waals surface area contributed by atoms with Gasteiger partial charge in [0.25, 0.3) is 5.91 Å². The number of hydrogen-bond donors (Lipinski definition) is 4. The summed E-state index contributed by atoms with van der Waals surface area (Å²) in [5.41, 5.74) is 5.08. The number of aromatic amines is 1. The van der Waals surface area contributed by atoms with Gasteiger partial charge in [-0.25, -0.2) is 14.5 Å². The molecule has 5 amide bonds. The maximum atomic E-state index is 12.9. The van der Waals surface area contributed by atoms with E-state index in [9.17, 15) is 14.4 Å². The van der Waals surface area contributed by atoms with Gasteiger partial charge in [-0.2, -0.15) is 0 Å². The summed E-state index contributed by atoms with van der Waals surface area (Å²) in [5, 5.41) is 8.69. The molecule has 2 aliphatic heterocycles. The zero-order valence-corrected chi connectivity index (χ0v) is 18.6. The lowest BCUT2D eigenvalue weighted by Gasteiger charge is -2.18. The van der Waals surface area contributed by atoms with E-state index in [1.54, 1.807) is 35.4 Å². The van der Waals surface area contributed by atoms with Crippen molar-refractivity contribution in [3.63, 3.8) is 0 Å². The second-order valence-corrected chi connectivity index (χ2v) is 8.11. The van der Waals surface area contributed by atoms with Crippen molar-refractivity contribution in [1.29, 1.82) is 0 Å². The quantitative estimate of drug-likeness (QED) is 0.439. The van der Waals surface area contributed by atoms with Gasteiger partial charge < -0.3 is 20.9 Å². The van der Waals surface area contributed by atoms with E-state index in [0.29, 0.717) is 23.5 Å². The summed E-state index contributed by atoms with van der Waals surface area (Å²) in [6, 6.07) is 15.7. The Kier molecular flexibility index (Phi) is 5.60. The zero-order valence-electron chi connectivity index (χ0n) is 18.6. The Bertz CT molecular complexity index is 1280. The molecule has 1 aromatic heterocycles. The van der Waals surface area contributed by atoms with Crippen LogP contribution in [0.25, 0.3) is 11.6 Å². The number of carbonyl (C=O) groups is 3. The fraction of sp³-hybridized carbons (Fsp3) is 0.160. The average molecular weight is 457 g/mol. The van der Waals surface area contributed by atoms with Gasteiger partial charge in [0.2, 0.25) is 0 Å². The number of amides is 5. The van der Waals surface area contributed by atoms with Crippen molar-refractivity contribution in [2.45, 2.75) is 6.54 Å². The highest BCUT2D eigenvalue weighted by Gasteiger charge is 2.34. The molecule has 2 aliphatic rings. The smallest absolute Gasteiger partial charge is 0.332 e. The molecule has 172 valence electrons. The molecule has 2 aromatic carbocycles. The molecule has 34 heavy (non-hydrogen) atoms. The molecule has 4 N–H and O–H groups in total. The molecule has 0 atom stereocenters. The summed E-state index contributed by atoms with van der Waals surface area (Å²) >= 11 is 0. The number of aromatic nitrogens is 1. The zero-order chi connectivity index (χ0) is 23.7. The van der Waals surface area contributed by atoms with Gasteiger partial charge in [0.15, 0.2) is 0 Å². The number of benzene rings is 2. The largest absolute Gasteiger partial charge is 0.362 e. The van der Waals surface area contributed by atoms with Crippen molar-refractivity contribution in [2.24, 2.45) is 0 Å². The van der Waals surface area contributed by atoms with Crippen LogP contribution in [0, 0.1) is 0 Å². The second-order valence-electron chi connectivity index (χ2n) is 8.11. The van der Waals surface area contributed by atoms with Crippen LogP contribution in [0.4, 0.5) is 26.7 Å². The van der Waals surface area contributed by atoms with E-state index in [4.69, 9.17) is 0 Å². The number of rotatable bonds is 5. The molecule has 3 aromatic rings. The van der Waals surface area contributed by atoms with Gasteiger partial charge in [-0.3, -0.25) is 9.69 Å². The van der Waals surface area contributed by atoms with Crippen molar-refractivity contribution in [3.8, 4) is 0 Å². The normalized spacial score (nSPS) is 16.2. The molecular weight excluding hydrogens is 432 g/mol. The summed E-state index contributed by atoms with van der Waals surface area (Å²) in [7, 11) is 1.88. The molecule has 1 fully saturated rings. The monoisotopic (exact) mass is 456 g/mol. The molecule has 0 spiro atoms. The number of carbonyl (C=O) groups excluding carboxylic acids is 3. The number of nitrogens with zero attached hydrogens (tertiary/aromatic N) is 2. The van der Waals surface area contributed by atoms with Gasteiger partial charge in [-0.1, -0.05) is 18.2 Å². The molecule has 0 saturated carbocycles. The Morgan fingerprint density at radius 1 is 1.09 bits per heavy atom. The number of hydrogen-bond acceptors (Lipinski definition) is 4. The highest BCUT2D eigenvalue weighted by molar-refractivity contribution is 6.35. The molecule has 0 bridgehead atoms. The fourth-order valence-electron chi connectivity index (χ4n) is 4.16. The van der Waals surface area contributed by atoms with Crippen LogP contribution in [0.1, 0.15) is 16.8 Å². The minimum atomic E-state index is -0.509. The van der Waals surface area contributed by atoms with Gasteiger partial charge in [-0.15, -0.1) is 0 Å². The van der Waals surface area contributed by atoms with Crippen molar-refractivity contribution >= 4 is 46.7 Å². The second kappa shape index (κ2) is 8.87. The number of H-pyrrole nitrogens is 1. The summed E-state index contributed by atoms with van der Waals surface area (Å²) in [6.45, 7) is 1.45. The molecule has 1 saturated heterocycles. The standard InChI is InChI=1S/C25H24N6O3/c1-26-15-16-4-7-19(8-5-16)30-11-12-31(25(30)34)24(33)28-18-6-9-20-21(13-17-3-2-10-27-17)23(32)29-22(20)14-18/h2-10,13-14,26-27H,11-12,15H2,1H3,(H,28,33)(H,29,32). The van der Waals surface area contributed by atoms with Crippen LogP contribution >= 0.6 is 0 Å². The predicted octanol–water partition coefficient (Wildman–Crippen LogP) is 3.70.